The fourth-order valence-corrected chi connectivity index (χ4v) is 3.40. The summed E-state index contributed by atoms with van der Waals surface area (Å²) in [6.07, 6.45) is 5.61. The summed E-state index contributed by atoms with van der Waals surface area (Å²) in [6.45, 7) is 2.24. The van der Waals surface area contributed by atoms with Crippen molar-refractivity contribution in [2.45, 2.75) is 13.3 Å². The monoisotopic (exact) mass is 274 g/mol. The largest absolute Gasteiger partial charge is 0.0655 e. The number of hydrogen-bond acceptors (Lipinski definition) is 0. The lowest BCUT2D eigenvalue weighted by Crippen LogP contribution is -1.88. The molecule has 0 fully saturated rings. The molecular formula is C9H8Br2. The summed E-state index contributed by atoms with van der Waals surface area (Å²) in [5.74, 6) is 0.616. The van der Waals surface area contributed by atoms with E-state index in [1.54, 1.807) is 5.57 Å². The van der Waals surface area contributed by atoms with Crippen LogP contribution >= 0.6 is 31.9 Å². The molecule has 0 aromatic heterocycles. The molecule has 0 radical (unpaired) electrons. The van der Waals surface area contributed by atoms with Crippen LogP contribution < -0.4 is 0 Å². The third-order valence-corrected chi connectivity index (χ3v) is 3.63. The van der Waals surface area contributed by atoms with Gasteiger partial charge in [-0.25, -0.2) is 0 Å². The van der Waals surface area contributed by atoms with Crippen LogP contribution in [0.15, 0.2) is 32.3 Å². The highest BCUT2D eigenvalue weighted by molar-refractivity contribution is 9.12. The van der Waals surface area contributed by atoms with Gasteiger partial charge in [-0.05, 0) is 12.3 Å². The second kappa shape index (κ2) is 2.60. The maximum Gasteiger partial charge on any atom is 0.0224 e. The van der Waals surface area contributed by atoms with Crippen molar-refractivity contribution in [2.75, 3.05) is 0 Å². The lowest BCUT2D eigenvalue weighted by atomic mass is 10.0. The van der Waals surface area contributed by atoms with Gasteiger partial charge in [0.05, 0.1) is 0 Å². The molecule has 2 aliphatic carbocycles. The van der Waals surface area contributed by atoms with Crippen LogP contribution in [0.25, 0.3) is 0 Å². The summed E-state index contributed by atoms with van der Waals surface area (Å²) < 4.78 is 2.50. The fraction of sp³-hybridized carbons (Fsp3) is 0.333. The van der Waals surface area contributed by atoms with Gasteiger partial charge in [0.1, 0.15) is 0 Å². The highest BCUT2D eigenvalue weighted by Gasteiger charge is 2.26. The van der Waals surface area contributed by atoms with Gasteiger partial charge in [0, 0.05) is 14.5 Å². The lowest BCUT2D eigenvalue weighted by Gasteiger charge is -2.01. The maximum absolute atomic E-state index is 3.56. The molecule has 1 atom stereocenters. The van der Waals surface area contributed by atoms with Crippen LogP contribution in [0, 0.1) is 5.92 Å². The Hall–Kier alpha value is 0.180. The highest BCUT2D eigenvalue weighted by atomic mass is 79.9. The molecule has 1 unspecified atom stereocenters. The predicted octanol–water partition coefficient (Wildman–Crippen LogP) is 3.89. The van der Waals surface area contributed by atoms with E-state index in [2.05, 4.69) is 50.9 Å². The van der Waals surface area contributed by atoms with Crippen LogP contribution in [-0.2, 0) is 0 Å². The van der Waals surface area contributed by atoms with Crippen molar-refractivity contribution < 1.29 is 0 Å². The van der Waals surface area contributed by atoms with E-state index < -0.39 is 0 Å². The molecule has 58 valence electrons. The Morgan fingerprint density at radius 3 is 2.73 bits per heavy atom. The predicted molar refractivity (Wildman–Crippen MR) is 54.8 cm³/mol. The zero-order valence-corrected chi connectivity index (χ0v) is 9.37. The molecule has 0 aromatic carbocycles. The van der Waals surface area contributed by atoms with Gasteiger partial charge >= 0.3 is 0 Å². The second-order valence-electron chi connectivity index (χ2n) is 2.96. The Balaban J connectivity index is 2.48. The normalized spacial score (nSPS) is 28.8. The first-order valence-electron chi connectivity index (χ1n) is 3.67. The zero-order chi connectivity index (χ0) is 8.01. The van der Waals surface area contributed by atoms with Gasteiger partial charge in [0.15, 0.2) is 0 Å². The highest BCUT2D eigenvalue weighted by Crippen LogP contribution is 2.46. The Labute approximate surface area is 83.3 Å². The number of allylic oxidation sites excluding steroid dienone is 6. The van der Waals surface area contributed by atoms with Crippen molar-refractivity contribution in [1.82, 2.24) is 0 Å². The molecule has 0 saturated heterocycles. The summed E-state index contributed by atoms with van der Waals surface area (Å²) in [5.41, 5.74) is 2.93. The van der Waals surface area contributed by atoms with Gasteiger partial charge < -0.3 is 0 Å². The van der Waals surface area contributed by atoms with E-state index in [-0.39, 0.29) is 0 Å². The first kappa shape index (κ1) is 7.81. The third kappa shape index (κ3) is 1.07. The van der Waals surface area contributed by atoms with Gasteiger partial charge in [-0.3, -0.25) is 0 Å². The molecule has 0 aromatic rings. The SMILES string of the molecule is CC1C=C(Br)C2=C1CC=C2Br. The first-order valence-corrected chi connectivity index (χ1v) is 5.25. The van der Waals surface area contributed by atoms with Gasteiger partial charge in [-0.2, -0.15) is 0 Å². The minimum absolute atomic E-state index is 0.616. The van der Waals surface area contributed by atoms with Crippen molar-refractivity contribution >= 4 is 31.9 Å². The summed E-state index contributed by atoms with van der Waals surface area (Å²) in [7, 11) is 0. The molecule has 0 saturated carbocycles. The Kier molecular flexibility index (Phi) is 1.84. The van der Waals surface area contributed by atoms with Gasteiger partial charge in [0.2, 0.25) is 0 Å². The molecule has 2 rings (SSSR count). The maximum atomic E-state index is 3.56. The van der Waals surface area contributed by atoms with Crippen LogP contribution in [0.1, 0.15) is 13.3 Å². The minimum Gasteiger partial charge on any atom is -0.0655 e. The minimum atomic E-state index is 0.616. The Morgan fingerprint density at radius 2 is 2.09 bits per heavy atom. The van der Waals surface area contributed by atoms with E-state index >= 15 is 0 Å². The summed E-state index contributed by atoms with van der Waals surface area (Å²) >= 11 is 7.10. The van der Waals surface area contributed by atoms with Crippen LogP contribution in [0.2, 0.25) is 0 Å². The molecule has 0 N–H and O–H groups in total. The number of halogens is 2. The summed E-state index contributed by atoms with van der Waals surface area (Å²) in [5, 5.41) is 0. The van der Waals surface area contributed by atoms with Crippen LogP contribution in [0.3, 0.4) is 0 Å². The van der Waals surface area contributed by atoms with E-state index in [4.69, 9.17) is 0 Å². The quantitative estimate of drug-likeness (QED) is 0.629. The average Bonchev–Trinajstić information content (AvgIpc) is 2.41. The van der Waals surface area contributed by atoms with Crippen LogP contribution in [0.4, 0.5) is 0 Å². The van der Waals surface area contributed by atoms with E-state index in [1.807, 2.05) is 0 Å². The molecule has 0 amide bonds. The van der Waals surface area contributed by atoms with Gasteiger partial charge in [-0.1, -0.05) is 56.5 Å². The molecule has 0 nitrogen and oxygen atoms in total. The van der Waals surface area contributed by atoms with Crippen molar-refractivity contribution in [2.24, 2.45) is 5.92 Å². The molecule has 0 aliphatic heterocycles. The van der Waals surface area contributed by atoms with Crippen molar-refractivity contribution in [1.29, 1.82) is 0 Å². The molecule has 2 aliphatic rings. The van der Waals surface area contributed by atoms with E-state index in [9.17, 15) is 0 Å². The molecule has 0 bridgehead atoms. The smallest absolute Gasteiger partial charge is 0.0224 e. The standard InChI is InChI=1S/C9H8Br2/c1-5-4-8(11)9-6(5)2-3-7(9)10/h3-5H,2H2,1H3. The average molecular weight is 276 g/mol. The number of hydrogen-bond donors (Lipinski definition) is 0. The van der Waals surface area contributed by atoms with Crippen molar-refractivity contribution in [3.63, 3.8) is 0 Å². The van der Waals surface area contributed by atoms with E-state index in [1.165, 1.54) is 14.5 Å². The van der Waals surface area contributed by atoms with Crippen LogP contribution in [-0.4, -0.2) is 0 Å². The zero-order valence-electron chi connectivity index (χ0n) is 6.20. The second-order valence-corrected chi connectivity index (χ2v) is 4.67. The van der Waals surface area contributed by atoms with Crippen molar-refractivity contribution in [3.05, 3.63) is 32.3 Å². The molecule has 2 heteroatoms. The van der Waals surface area contributed by atoms with Crippen molar-refractivity contribution in [3.8, 4) is 0 Å². The van der Waals surface area contributed by atoms with Crippen LogP contribution in [0.5, 0.6) is 0 Å². The number of rotatable bonds is 0. The summed E-state index contributed by atoms with van der Waals surface area (Å²) in [6, 6.07) is 0. The first-order chi connectivity index (χ1) is 5.20. The molecule has 0 spiro atoms. The van der Waals surface area contributed by atoms with E-state index in [0.29, 0.717) is 5.92 Å². The molecule has 11 heavy (non-hydrogen) atoms. The Bertz CT molecular complexity index is 295. The molecular weight excluding hydrogens is 268 g/mol. The van der Waals surface area contributed by atoms with Gasteiger partial charge in [0.25, 0.3) is 0 Å². The summed E-state index contributed by atoms with van der Waals surface area (Å²) in [4.78, 5) is 0. The third-order valence-electron chi connectivity index (χ3n) is 2.25. The topological polar surface area (TPSA) is 0 Å². The lowest BCUT2D eigenvalue weighted by molar-refractivity contribution is 0.853. The fourth-order valence-electron chi connectivity index (χ4n) is 1.64. The molecule has 0 heterocycles. The van der Waals surface area contributed by atoms with Gasteiger partial charge in [-0.15, -0.1) is 0 Å². The van der Waals surface area contributed by atoms with E-state index in [0.717, 1.165) is 6.42 Å². The Morgan fingerprint density at radius 1 is 1.36 bits per heavy atom.